The van der Waals surface area contributed by atoms with E-state index in [1.54, 1.807) is 0 Å². The van der Waals surface area contributed by atoms with Crippen LogP contribution in [0.1, 0.15) is 63.0 Å². The van der Waals surface area contributed by atoms with E-state index in [-0.39, 0.29) is 18.4 Å². The molecule has 0 unspecified atom stereocenters. The molecule has 2 N–H and O–H groups in total. The van der Waals surface area contributed by atoms with E-state index in [0.29, 0.717) is 6.42 Å². The Bertz CT molecular complexity index is 492. The van der Waals surface area contributed by atoms with Crippen LogP contribution in [0.5, 0.6) is 0 Å². The van der Waals surface area contributed by atoms with Crippen molar-refractivity contribution in [1.29, 1.82) is 0 Å². The second kappa shape index (κ2) is 10.8. The van der Waals surface area contributed by atoms with Crippen molar-refractivity contribution in [1.82, 2.24) is 5.32 Å². The first-order valence-corrected chi connectivity index (χ1v) is 8.67. The molecule has 0 bridgehead atoms. The fraction of sp³-hybridized carbons (Fsp3) is 0.579. The Morgan fingerprint density at radius 1 is 0.913 bits per heavy atom. The number of hydrogen-bond donors (Lipinski definition) is 2. The number of para-hydroxylation sites is 1. The van der Waals surface area contributed by atoms with Crippen LogP contribution < -0.4 is 10.6 Å². The van der Waals surface area contributed by atoms with Crippen LogP contribution in [0.15, 0.2) is 18.2 Å². The summed E-state index contributed by atoms with van der Waals surface area (Å²) in [6.45, 7) is 6.14. The Labute approximate surface area is 140 Å². The maximum atomic E-state index is 11.9. The fourth-order valence-electron chi connectivity index (χ4n) is 2.53. The molecule has 2 amide bonds. The minimum Gasteiger partial charge on any atom is -0.347 e. The second-order valence-corrected chi connectivity index (χ2v) is 6.11. The molecule has 0 aliphatic rings. The molecule has 0 aliphatic carbocycles. The number of rotatable bonds is 10. The summed E-state index contributed by atoms with van der Waals surface area (Å²) in [5.74, 6) is -0.226. The van der Waals surface area contributed by atoms with E-state index in [1.165, 1.54) is 25.7 Å². The van der Waals surface area contributed by atoms with Gasteiger partial charge < -0.3 is 10.6 Å². The zero-order valence-electron chi connectivity index (χ0n) is 14.7. The summed E-state index contributed by atoms with van der Waals surface area (Å²) in [6, 6.07) is 5.88. The van der Waals surface area contributed by atoms with Crippen molar-refractivity contribution in [3.8, 4) is 0 Å². The lowest BCUT2D eigenvalue weighted by Crippen LogP contribution is -2.33. The first-order chi connectivity index (χ1) is 11.0. The van der Waals surface area contributed by atoms with Crippen molar-refractivity contribution < 1.29 is 9.59 Å². The Morgan fingerprint density at radius 2 is 1.52 bits per heavy atom. The van der Waals surface area contributed by atoms with Crippen LogP contribution in [-0.2, 0) is 9.59 Å². The number of carbonyl (C=O) groups excluding carboxylic acids is 2. The number of unbranched alkanes of at least 4 members (excludes halogenated alkanes) is 5. The molecule has 0 spiro atoms. The maximum absolute atomic E-state index is 11.9. The van der Waals surface area contributed by atoms with Crippen LogP contribution in [0, 0.1) is 13.8 Å². The molecule has 23 heavy (non-hydrogen) atoms. The molecule has 0 aromatic heterocycles. The van der Waals surface area contributed by atoms with Gasteiger partial charge >= 0.3 is 0 Å². The van der Waals surface area contributed by atoms with Crippen LogP contribution >= 0.6 is 0 Å². The summed E-state index contributed by atoms with van der Waals surface area (Å²) >= 11 is 0. The minimum atomic E-state index is -0.182. The summed E-state index contributed by atoms with van der Waals surface area (Å²) in [5.41, 5.74) is 2.89. The first-order valence-electron chi connectivity index (χ1n) is 8.67. The second-order valence-electron chi connectivity index (χ2n) is 6.11. The number of anilines is 1. The number of benzene rings is 1. The molecule has 0 saturated carbocycles. The molecule has 0 atom stereocenters. The minimum absolute atomic E-state index is 0.0302. The van der Waals surface area contributed by atoms with E-state index < -0.39 is 0 Å². The van der Waals surface area contributed by atoms with Gasteiger partial charge in [-0.15, -0.1) is 0 Å². The molecule has 0 heterocycles. The fourth-order valence-corrected chi connectivity index (χ4v) is 2.53. The molecule has 4 heteroatoms. The molecule has 0 fully saturated rings. The summed E-state index contributed by atoms with van der Waals surface area (Å²) in [6.07, 6.45) is 7.42. The molecule has 128 valence electrons. The summed E-state index contributed by atoms with van der Waals surface area (Å²) in [4.78, 5) is 23.7. The first kappa shape index (κ1) is 19.2. The number of aryl methyl sites for hydroxylation is 2. The van der Waals surface area contributed by atoms with Crippen LogP contribution in [0.2, 0.25) is 0 Å². The van der Waals surface area contributed by atoms with E-state index in [1.807, 2.05) is 32.0 Å². The maximum Gasteiger partial charge on any atom is 0.243 e. The van der Waals surface area contributed by atoms with Gasteiger partial charge in [0.05, 0.1) is 6.54 Å². The van der Waals surface area contributed by atoms with Gasteiger partial charge in [-0.2, -0.15) is 0 Å². The van der Waals surface area contributed by atoms with Gasteiger partial charge in [0.25, 0.3) is 0 Å². The highest BCUT2D eigenvalue weighted by Crippen LogP contribution is 2.18. The van der Waals surface area contributed by atoms with Crippen molar-refractivity contribution >= 4 is 17.5 Å². The van der Waals surface area contributed by atoms with Crippen molar-refractivity contribution in [3.05, 3.63) is 29.3 Å². The van der Waals surface area contributed by atoms with E-state index in [9.17, 15) is 9.59 Å². The lowest BCUT2D eigenvalue weighted by atomic mass is 10.1. The number of hydrogen-bond acceptors (Lipinski definition) is 2. The monoisotopic (exact) mass is 318 g/mol. The third-order valence-corrected chi connectivity index (χ3v) is 3.95. The van der Waals surface area contributed by atoms with E-state index >= 15 is 0 Å². The molecule has 0 radical (unpaired) electrons. The van der Waals surface area contributed by atoms with Gasteiger partial charge in [0.2, 0.25) is 11.8 Å². The predicted octanol–water partition coefficient (Wildman–Crippen LogP) is 4.11. The van der Waals surface area contributed by atoms with Crippen molar-refractivity contribution in [2.75, 3.05) is 11.9 Å². The normalized spacial score (nSPS) is 10.4. The largest absolute Gasteiger partial charge is 0.347 e. The van der Waals surface area contributed by atoms with E-state index in [2.05, 4.69) is 17.6 Å². The van der Waals surface area contributed by atoms with Crippen LogP contribution in [0.25, 0.3) is 0 Å². The van der Waals surface area contributed by atoms with Crippen LogP contribution in [-0.4, -0.2) is 18.4 Å². The standard InChI is InChI=1S/C19H30N2O2/c1-4-5-6-7-8-9-13-17(22)20-14-18(23)21-19-15(2)11-10-12-16(19)3/h10-12H,4-9,13-14H2,1-3H3,(H,20,22)(H,21,23). The third kappa shape index (κ3) is 7.82. The highest BCUT2D eigenvalue weighted by Gasteiger charge is 2.08. The molecule has 0 saturated heterocycles. The Kier molecular flexibility index (Phi) is 9.03. The summed E-state index contributed by atoms with van der Waals surface area (Å²) < 4.78 is 0. The average Bonchev–Trinajstić information content (AvgIpc) is 2.52. The number of carbonyl (C=O) groups is 2. The van der Waals surface area contributed by atoms with Gasteiger partial charge in [0, 0.05) is 12.1 Å². The number of amides is 2. The lowest BCUT2D eigenvalue weighted by molar-refractivity contribution is -0.124. The lowest BCUT2D eigenvalue weighted by Gasteiger charge is -2.12. The number of nitrogens with one attached hydrogen (secondary N) is 2. The van der Waals surface area contributed by atoms with Crippen molar-refractivity contribution in [2.24, 2.45) is 0 Å². The van der Waals surface area contributed by atoms with Gasteiger partial charge in [-0.25, -0.2) is 0 Å². The van der Waals surface area contributed by atoms with Crippen molar-refractivity contribution in [2.45, 2.75) is 65.7 Å². The van der Waals surface area contributed by atoms with Gasteiger partial charge in [-0.3, -0.25) is 9.59 Å². The highest BCUT2D eigenvalue weighted by atomic mass is 16.2. The Balaban J connectivity index is 2.21. The zero-order chi connectivity index (χ0) is 17.1. The molecule has 1 rings (SSSR count). The van der Waals surface area contributed by atoms with Crippen molar-refractivity contribution in [3.63, 3.8) is 0 Å². The van der Waals surface area contributed by atoms with Gasteiger partial charge in [0.15, 0.2) is 0 Å². The molecular weight excluding hydrogens is 288 g/mol. The Hall–Kier alpha value is -1.84. The molecule has 1 aromatic rings. The molecule has 4 nitrogen and oxygen atoms in total. The molecule has 1 aromatic carbocycles. The Morgan fingerprint density at radius 3 is 2.17 bits per heavy atom. The predicted molar refractivity (Wildman–Crippen MR) is 95.5 cm³/mol. The summed E-state index contributed by atoms with van der Waals surface area (Å²) in [7, 11) is 0. The highest BCUT2D eigenvalue weighted by molar-refractivity contribution is 5.95. The van der Waals surface area contributed by atoms with Gasteiger partial charge in [-0.05, 0) is 31.4 Å². The molecular formula is C19H30N2O2. The van der Waals surface area contributed by atoms with Gasteiger partial charge in [0.1, 0.15) is 0 Å². The quantitative estimate of drug-likeness (QED) is 0.638. The van der Waals surface area contributed by atoms with Gasteiger partial charge in [-0.1, -0.05) is 57.2 Å². The van der Waals surface area contributed by atoms with Crippen LogP contribution in [0.3, 0.4) is 0 Å². The van der Waals surface area contributed by atoms with E-state index in [4.69, 9.17) is 0 Å². The smallest absolute Gasteiger partial charge is 0.243 e. The average molecular weight is 318 g/mol. The topological polar surface area (TPSA) is 58.2 Å². The molecule has 0 aliphatic heterocycles. The summed E-state index contributed by atoms with van der Waals surface area (Å²) in [5, 5.41) is 5.56. The zero-order valence-corrected chi connectivity index (χ0v) is 14.7. The van der Waals surface area contributed by atoms with Crippen LogP contribution in [0.4, 0.5) is 5.69 Å². The van der Waals surface area contributed by atoms with E-state index in [0.717, 1.165) is 29.7 Å². The SMILES string of the molecule is CCCCCCCCC(=O)NCC(=O)Nc1c(C)cccc1C. The third-order valence-electron chi connectivity index (χ3n) is 3.95.